The second-order valence-electron chi connectivity index (χ2n) is 6.51. The lowest BCUT2D eigenvalue weighted by Crippen LogP contribution is -2.27. The predicted molar refractivity (Wildman–Crippen MR) is 107 cm³/mol. The van der Waals surface area contributed by atoms with E-state index in [1.165, 1.54) is 0 Å². The van der Waals surface area contributed by atoms with Crippen molar-refractivity contribution in [1.82, 2.24) is 25.1 Å². The summed E-state index contributed by atoms with van der Waals surface area (Å²) in [7, 11) is 1.75. The van der Waals surface area contributed by atoms with Crippen molar-refractivity contribution in [2.45, 2.75) is 26.3 Å². The molecule has 0 saturated heterocycles. The summed E-state index contributed by atoms with van der Waals surface area (Å²) in [5.41, 5.74) is 2.70. The van der Waals surface area contributed by atoms with Crippen LogP contribution in [0.1, 0.15) is 23.8 Å². The number of hydrogen-bond acceptors (Lipinski definition) is 7. The van der Waals surface area contributed by atoms with Gasteiger partial charge < -0.3 is 9.32 Å². The third-order valence-corrected chi connectivity index (χ3v) is 5.12. The minimum atomic E-state index is -0.0234. The van der Waals surface area contributed by atoms with E-state index in [0.717, 1.165) is 22.2 Å². The number of thiophene rings is 1. The van der Waals surface area contributed by atoms with Crippen molar-refractivity contribution in [2.24, 2.45) is 0 Å². The number of fused-ring (bicyclic) bond motifs is 1. The van der Waals surface area contributed by atoms with Crippen molar-refractivity contribution in [3.63, 3.8) is 0 Å². The number of aryl methyl sites for hydroxylation is 2. The Kier molecular flexibility index (Phi) is 5.12. The van der Waals surface area contributed by atoms with E-state index in [0.29, 0.717) is 30.6 Å². The summed E-state index contributed by atoms with van der Waals surface area (Å²) < 4.78 is 5.63. The third kappa shape index (κ3) is 3.91. The van der Waals surface area contributed by atoms with Crippen molar-refractivity contribution in [3.8, 4) is 11.5 Å². The number of rotatable bonds is 6. The van der Waals surface area contributed by atoms with E-state index >= 15 is 0 Å². The van der Waals surface area contributed by atoms with Crippen LogP contribution < -0.4 is 0 Å². The Balaban J connectivity index is 1.37. The van der Waals surface area contributed by atoms with E-state index in [4.69, 9.17) is 4.42 Å². The summed E-state index contributed by atoms with van der Waals surface area (Å²) in [4.78, 5) is 23.2. The number of amides is 1. The van der Waals surface area contributed by atoms with Crippen LogP contribution in [0.2, 0.25) is 0 Å². The first-order valence-corrected chi connectivity index (χ1v) is 9.85. The lowest BCUT2D eigenvalue weighted by Gasteiger charge is -2.16. The second kappa shape index (κ2) is 7.85. The number of carbonyl (C=O) groups is 1. The molecule has 28 heavy (non-hydrogen) atoms. The van der Waals surface area contributed by atoms with Crippen molar-refractivity contribution in [2.75, 3.05) is 7.05 Å². The molecule has 4 rings (SSSR count). The maximum atomic E-state index is 12.5. The lowest BCUT2D eigenvalue weighted by molar-refractivity contribution is -0.130. The fourth-order valence-corrected chi connectivity index (χ4v) is 3.56. The Bertz CT molecular complexity index is 1110. The van der Waals surface area contributed by atoms with Crippen molar-refractivity contribution < 1.29 is 9.21 Å². The summed E-state index contributed by atoms with van der Waals surface area (Å²) in [6.45, 7) is 2.31. The Morgan fingerprint density at radius 3 is 2.86 bits per heavy atom. The largest absolute Gasteiger partial charge is 0.421 e. The topological polar surface area (TPSA) is 85.0 Å². The van der Waals surface area contributed by atoms with Gasteiger partial charge in [-0.05, 0) is 24.4 Å². The molecule has 142 valence electrons. The number of carbonyl (C=O) groups excluding carboxylic acids is 1. The summed E-state index contributed by atoms with van der Waals surface area (Å²) in [6, 6.07) is 9.79. The van der Waals surface area contributed by atoms with Crippen LogP contribution >= 0.6 is 11.3 Å². The van der Waals surface area contributed by atoms with Gasteiger partial charge in [0.1, 0.15) is 5.82 Å². The first-order chi connectivity index (χ1) is 13.6. The molecule has 8 heteroatoms. The second-order valence-corrected chi connectivity index (χ2v) is 7.29. The Labute approximate surface area is 166 Å². The number of aromatic nitrogens is 4. The highest BCUT2D eigenvalue weighted by Gasteiger charge is 2.15. The van der Waals surface area contributed by atoms with Gasteiger partial charge in [-0.15, -0.1) is 10.2 Å². The predicted octanol–water partition coefficient (Wildman–Crippen LogP) is 3.64. The van der Waals surface area contributed by atoms with Crippen LogP contribution in [0, 0.1) is 6.92 Å². The molecule has 0 bridgehead atoms. The van der Waals surface area contributed by atoms with E-state index in [9.17, 15) is 4.79 Å². The van der Waals surface area contributed by atoms with Gasteiger partial charge in [0, 0.05) is 41.9 Å². The quantitative estimate of drug-likeness (QED) is 0.497. The van der Waals surface area contributed by atoms with Gasteiger partial charge in [0.15, 0.2) is 0 Å². The van der Waals surface area contributed by atoms with Crippen LogP contribution in [0.5, 0.6) is 0 Å². The Hall–Kier alpha value is -3.13. The molecule has 0 unspecified atom stereocenters. The molecule has 0 spiro atoms. The molecule has 4 aromatic rings. The molecule has 0 saturated carbocycles. The van der Waals surface area contributed by atoms with Crippen LogP contribution in [0.25, 0.3) is 22.4 Å². The summed E-state index contributed by atoms with van der Waals surface area (Å²) in [6.07, 6.45) is 0.687. The fraction of sp³-hybridized carbons (Fsp3) is 0.250. The van der Waals surface area contributed by atoms with E-state index in [1.807, 2.05) is 48.0 Å². The van der Waals surface area contributed by atoms with Gasteiger partial charge in [0.25, 0.3) is 0 Å². The smallest absolute Gasteiger partial charge is 0.248 e. The van der Waals surface area contributed by atoms with Crippen LogP contribution in [-0.4, -0.2) is 38.0 Å². The van der Waals surface area contributed by atoms with E-state index < -0.39 is 0 Å². The van der Waals surface area contributed by atoms with Crippen LogP contribution in [-0.2, 0) is 17.8 Å². The normalized spacial score (nSPS) is 11.1. The molecule has 1 aromatic carbocycles. The van der Waals surface area contributed by atoms with Crippen molar-refractivity contribution >= 4 is 28.1 Å². The molecular formula is C20H19N5O2S. The highest BCUT2D eigenvalue weighted by atomic mass is 32.1. The number of hydrogen-bond donors (Lipinski definition) is 0. The maximum Gasteiger partial charge on any atom is 0.248 e. The molecule has 0 N–H and O–H groups in total. The van der Waals surface area contributed by atoms with Crippen molar-refractivity contribution in [3.05, 3.63) is 58.5 Å². The SMILES string of the molecule is Cc1nc(CN(C)C(=O)CCc2nnc(-c3ccsc3)o2)nc2ccccc12. The van der Waals surface area contributed by atoms with Gasteiger partial charge in [-0.2, -0.15) is 11.3 Å². The van der Waals surface area contributed by atoms with Gasteiger partial charge in [-0.1, -0.05) is 18.2 Å². The van der Waals surface area contributed by atoms with Crippen LogP contribution in [0.3, 0.4) is 0 Å². The third-order valence-electron chi connectivity index (χ3n) is 4.43. The molecule has 0 aliphatic heterocycles. The number of benzene rings is 1. The molecule has 7 nitrogen and oxygen atoms in total. The minimum Gasteiger partial charge on any atom is -0.421 e. The molecule has 3 aromatic heterocycles. The monoisotopic (exact) mass is 393 g/mol. The zero-order chi connectivity index (χ0) is 19.5. The van der Waals surface area contributed by atoms with Gasteiger partial charge in [-0.25, -0.2) is 9.97 Å². The van der Waals surface area contributed by atoms with Gasteiger partial charge in [0.2, 0.25) is 17.7 Å². The van der Waals surface area contributed by atoms with E-state index in [-0.39, 0.29) is 12.3 Å². The number of para-hydroxylation sites is 1. The highest BCUT2D eigenvalue weighted by Crippen LogP contribution is 2.21. The van der Waals surface area contributed by atoms with Gasteiger partial charge in [-0.3, -0.25) is 4.79 Å². The molecular weight excluding hydrogens is 374 g/mol. The minimum absolute atomic E-state index is 0.0234. The first kappa shape index (κ1) is 18.2. The molecule has 3 heterocycles. The molecule has 0 radical (unpaired) electrons. The summed E-state index contributed by atoms with van der Waals surface area (Å²) in [5.74, 6) is 1.55. The number of nitrogens with zero attached hydrogens (tertiary/aromatic N) is 5. The lowest BCUT2D eigenvalue weighted by atomic mass is 10.2. The first-order valence-electron chi connectivity index (χ1n) is 8.91. The molecule has 0 aliphatic rings. The molecule has 0 fully saturated rings. The van der Waals surface area contributed by atoms with E-state index in [2.05, 4.69) is 20.2 Å². The fourth-order valence-electron chi connectivity index (χ4n) is 2.93. The standard InChI is InChI=1S/C20H19N5O2S/c1-13-15-5-3-4-6-16(15)22-17(21-13)11-25(2)19(26)8-7-18-23-24-20(27-18)14-9-10-28-12-14/h3-6,9-10,12H,7-8,11H2,1-2H3. The van der Waals surface area contributed by atoms with E-state index in [1.54, 1.807) is 23.3 Å². The van der Waals surface area contributed by atoms with Crippen LogP contribution in [0.4, 0.5) is 0 Å². The average Bonchev–Trinajstić information content (AvgIpc) is 3.37. The zero-order valence-electron chi connectivity index (χ0n) is 15.6. The maximum absolute atomic E-state index is 12.5. The summed E-state index contributed by atoms with van der Waals surface area (Å²) >= 11 is 1.57. The zero-order valence-corrected chi connectivity index (χ0v) is 16.4. The van der Waals surface area contributed by atoms with Gasteiger partial charge >= 0.3 is 0 Å². The Morgan fingerprint density at radius 2 is 2.04 bits per heavy atom. The van der Waals surface area contributed by atoms with Crippen molar-refractivity contribution in [1.29, 1.82) is 0 Å². The van der Waals surface area contributed by atoms with Gasteiger partial charge in [0.05, 0.1) is 12.1 Å². The summed E-state index contributed by atoms with van der Waals surface area (Å²) in [5, 5.41) is 13.0. The molecule has 1 amide bonds. The molecule has 0 atom stereocenters. The highest BCUT2D eigenvalue weighted by molar-refractivity contribution is 7.08. The average molecular weight is 393 g/mol. The Morgan fingerprint density at radius 1 is 1.18 bits per heavy atom. The molecule has 0 aliphatic carbocycles. The van der Waals surface area contributed by atoms with Crippen LogP contribution in [0.15, 0.2) is 45.5 Å².